The second-order valence-electron chi connectivity index (χ2n) is 4.09. The van der Waals surface area contributed by atoms with Gasteiger partial charge in [-0.15, -0.1) is 0 Å². The summed E-state index contributed by atoms with van der Waals surface area (Å²) in [6.45, 7) is 5.02. The van der Waals surface area contributed by atoms with Gasteiger partial charge >= 0.3 is 0 Å². The Morgan fingerprint density at radius 2 is 2.44 bits per heavy atom. The van der Waals surface area contributed by atoms with Crippen LogP contribution in [0.25, 0.3) is 0 Å². The van der Waals surface area contributed by atoms with E-state index < -0.39 is 0 Å². The van der Waals surface area contributed by atoms with Crippen molar-refractivity contribution in [1.82, 2.24) is 15.5 Å². The van der Waals surface area contributed by atoms with Crippen LogP contribution in [0.2, 0.25) is 0 Å². The van der Waals surface area contributed by atoms with Crippen LogP contribution in [0.15, 0.2) is 29.0 Å². The predicted octanol–water partition coefficient (Wildman–Crippen LogP) is 2.03. The Kier molecular flexibility index (Phi) is 3.41. The Bertz CT molecular complexity index is 419. The fourth-order valence-corrected chi connectivity index (χ4v) is 1.64. The van der Waals surface area contributed by atoms with Crippen molar-refractivity contribution in [3.63, 3.8) is 0 Å². The van der Waals surface area contributed by atoms with Gasteiger partial charge in [0.2, 0.25) is 0 Å². The van der Waals surface area contributed by atoms with Crippen LogP contribution in [-0.4, -0.2) is 16.2 Å². The average Bonchev–Trinajstić information content (AvgIpc) is 2.87. The van der Waals surface area contributed by atoms with Crippen LogP contribution in [-0.2, 0) is 13.0 Å². The fourth-order valence-electron chi connectivity index (χ4n) is 1.64. The zero-order valence-corrected chi connectivity index (χ0v) is 9.66. The highest BCUT2D eigenvalue weighted by Gasteiger charge is 2.06. The van der Waals surface area contributed by atoms with E-state index in [9.17, 15) is 0 Å². The van der Waals surface area contributed by atoms with Gasteiger partial charge in [-0.1, -0.05) is 0 Å². The molecule has 0 aliphatic carbocycles. The maximum Gasteiger partial charge on any atom is 0.105 e. The van der Waals surface area contributed by atoms with Crippen LogP contribution >= 0.6 is 0 Å². The van der Waals surface area contributed by atoms with Crippen LogP contribution in [0.4, 0.5) is 0 Å². The van der Waals surface area contributed by atoms with Gasteiger partial charge in [0.25, 0.3) is 0 Å². The SMILES string of the molecule is Cc1[nH]ncc1CN[C@@H](C)Cc1ccco1. The topological polar surface area (TPSA) is 53.9 Å². The Balaban J connectivity index is 1.80. The molecule has 0 fully saturated rings. The monoisotopic (exact) mass is 219 g/mol. The molecule has 4 nitrogen and oxygen atoms in total. The van der Waals surface area contributed by atoms with Crippen LogP contribution in [0, 0.1) is 6.92 Å². The lowest BCUT2D eigenvalue weighted by molar-refractivity contribution is 0.456. The summed E-state index contributed by atoms with van der Waals surface area (Å²) in [6, 6.07) is 4.31. The van der Waals surface area contributed by atoms with Crippen molar-refractivity contribution in [2.45, 2.75) is 32.9 Å². The number of hydrogen-bond acceptors (Lipinski definition) is 3. The molecule has 4 heteroatoms. The number of H-pyrrole nitrogens is 1. The van der Waals surface area contributed by atoms with Gasteiger partial charge < -0.3 is 9.73 Å². The molecule has 0 bridgehead atoms. The summed E-state index contributed by atoms with van der Waals surface area (Å²) < 4.78 is 5.31. The minimum atomic E-state index is 0.389. The largest absolute Gasteiger partial charge is 0.469 e. The number of nitrogens with zero attached hydrogens (tertiary/aromatic N) is 1. The van der Waals surface area contributed by atoms with Gasteiger partial charge in [0.1, 0.15) is 5.76 Å². The standard InChI is InChI=1S/C12H17N3O/c1-9(6-12-4-3-5-16-12)13-7-11-8-14-15-10(11)2/h3-5,8-9,13H,6-7H2,1-2H3,(H,14,15)/t9-/m0/s1. The van der Waals surface area contributed by atoms with E-state index in [0.29, 0.717) is 6.04 Å². The number of furan rings is 1. The summed E-state index contributed by atoms with van der Waals surface area (Å²) >= 11 is 0. The normalized spacial score (nSPS) is 12.9. The van der Waals surface area contributed by atoms with E-state index in [1.54, 1.807) is 6.26 Å². The van der Waals surface area contributed by atoms with Gasteiger partial charge in [0.05, 0.1) is 12.5 Å². The minimum absolute atomic E-state index is 0.389. The van der Waals surface area contributed by atoms with E-state index in [-0.39, 0.29) is 0 Å². The molecule has 2 aromatic heterocycles. The first-order chi connectivity index (χ1) is 7.75. The zero-order valence-electron chi connectivity index (χ0n) is 9.66. The molecule has 0 aliphatic rings. The van der Waals surface area contributed by atoms with Gasteiger partial charge in [-0.2, -0.15) is 5.10 Å². The second-order valence-corrected chi connectivity index (χ2v) is 4.09. The van der Waals surface area contributed by atoms with Crippen molar-refractivity contribution in [2.75, 3.05) is 0 Å². The number of aromatic amines is 1. The summed E-state index contributed by atoms with van der Waals surface area (Å²) in [4.78, 5) is 0. The van der Waals surface area contributed by atoms with Crippen molar-refractivity contribution >= 4 is 0 Å². The van der Waals surface area contributed by atoms with Gasteiger partial charge in [-0.25, -0.2) is 0 Å². The fraction of sp³-hybridized carbons (Fsp3) is 0.417. The Morgan fingerprint density at radius 3 is 3.06 bits per heavy atom. The summed E-state index contributed by atoms with van der Waals surface area (Å²) in [5, 5.41) is 10.4. The first-order valence-electron chi connectivity index (χ1n) is 5.50. The van der Waals surface area contributed by atoms with Crippen molar-refractivity contribution in [3.8, 4) is 0 Å². The van der Waals surface area contributed by atoms with Crippen LogP contribution in [0.3, 0.4) is 0 Å². The third kappa shape index (κ3) is 2.73. The van der Waals surface area contributed by atoms with E-state index in [4.69, 9.17) is 4.42 Å². The highest BCUT2D eigenvalue weighted by atomic mass is 16.3. The molecule has 16 heavy (non-hydrogen) atoms. The van der Waals surface area contributed by atoms with Crippen LogP contribution in [0.1, 0.15) is 23.9 Å². The van der Waals surface area contributed by atoms with Crippen molar-refractivity contribution in [1.29, 1.82) is 0 Å². The van der Waals surface area contributed by atoms with E-state index in [1.165, 1.54) is 5.56 Å². The smallest absolute Gasteiger partial charge is 0.105 e. The van der Waals surface area contributed by atoms with Crippen molar-refractivity contribution in [2.24, 2.45) is 0 Å². The number of nitrogens with one attached hydrogen (secondary N) is 2. The molecule has 0 saturated heterocycles. The summed E-state index contributed by atoms with van der Waals surface area (Å²) in [7, 11) is 0. The molecule has 0 aliphatic heterocycles. The van der Waals surface area contributed by atoms with E-state index in [2.05, 4.69) is 22.4 Å². The van der Waals surface area contributed by atoms with Gasteiger partial charge in [0, 0.05) is 30.3 Å². The minimum Gasteiger partial charge on any atom is -0.469 e. The third-order valence-electron chi connectivity index (χ3n) is 2.66. The predicted molar refractivity (Wildman–Crippen MR) is 62.0 cm³/mol. The summed E-state index contributed by atoms with van der Waals surface area (Å²) in [5.74, 6) is 1.02. The van der Waals surface area contributed by atoms with Gasteiger partial charge in [-0.3, -0.25) is 5.10 Å². The summed E-state index contributed by atoms with van der Waals surface area (Å²) in [5.41, 5.74) is 2.34. The molecule has 0 saturated carbocycles. The van der Waals surface area contributed by atoms with Crippen LogP contribution in [0.5, 0.6) is 0 Å². The number of aryl methyl sites for hydroxylation is 1. The molecule has 0 aromatic carbocycles. The lowest BCUT2D eigenvalue weighted by atomic mass is 10.2. The number of aromatic nitrogens is 2. The molecule has 2 rings (SSSR count). The molecular weight excluding hydrogens is 202 g/mol. The van der Waals surface area contributed by atoms with Gasteiger partial charge in [0.15, 0.2) is 0 Å². The molecule has 2 heterocycles. The Labute approximate surface area is 95.1 Å². The highest BCUT2D eigenvalue weighted by molar-refractivity contribution is 5.14. The maximum atomic E-state index is 5.31. The summed E-state index contributed by atoms with van der Waals surface area (Å²) in [6.07, 6.45) is 4.48. The van der Waals surface area contributed by atoms with Crippen LogP contribution < -0.4 is 5.32 Å². The first-order valence-corrected chi connectivity index (χ1v) is 5.50. The van der Waals surface area contributed by atoms with Crippen molar-refractivity contribution < 1.29 is 4.42 Å². The van der Waals surface area contributed by atoms with E-state index in [0.717, 1.165) is 24.4 Å². The Morgan fingerprint density at radius 1 is 1.56 bits per heavy atom. The van der Waals surface area contributed by atoms with Gasteiger partial charge in [-0.05, 0) is 26.0 Å². The van der Waals surface area contributed by atoms with E-state index in [1.807, 2.05) is 25.3 Å². The highest BCUT2D eigenvalue weighted by Crippen LogP contribution is 2.06. The quantitative estimate of drug-likeness (QED) is 0.809. The lowest BCUT2D eigenvalue weighted by Gasteiger charge is -2.11. The number of hydrogen-bond donors (Lipinski definition) is 2. The van der Waals surface area contributed by atoms with E-state index >= 15 is 0 Å². The Hall–Kier alpha value is -1.55. The van der Waals surface area contributed by atoms with Crippen molar-refractivity contribution in [3.05, 3.63) is 41.6 Å². The lowest BCUT2D eigenvalue weighted by Crippen LogP contribution is -2.27. The molecule has 2 aromatic rings. The molecular formula is C12H17N3O. The zero-order chi connectivity index (χ0) is 11.4. The molecule has 1 atom stereocenters. The maximum absolute atomic E-state index is 5.31. The molecule has 2 N–H and O–H groups in total. The first kappa shape index (κ1) is 11.0. The third-order valence-corrected chi connectivity index (χ3v) is 2.66. The molecule has 0 unspecified atom stereocenters. The molecule has 86 valence electrons. The average molecular weight is 219 g/mol. The second kappa shape index (κ2) is 4.99. The number of rotatable bonds is 5. The molecule has 0 radical (unpaired) electrons. The molecule has 0 amide bonds. The molecule has 0 spiro atoms.